The number of carbonyl (C=O) groups is 3. The van der Waals surface area contributed by atoms with Crippen molar-refractivity contribution in [3.8, 4) is 0 Å². The highest BCUT2D eigenvalue weighted by Gasteiger charge is 2.20. The number of ether oxygens (including phenoxy) is 1. The minimum Gasteiger partial charge on any atom is -0.469 e. The number of nitrogens with one attached hydrogen (secondary N) is 1. The van der Waals surface area contributed by atoms with E-state index in [1.54, 1.807) is 4.90 Å². The molecule has 0 bridgehead atoms. The quantitative estimate of drug-likeness (QED) is 0.542. The first-order chi connectivity index (χ1) is 9.72. The van der Waals surface area contributed by atoms with Gasteiger partial charge in [-0.2, -0.15) is 0 Å². The van der Waals surface area contributed by atoms with E-state index in [0.29, 0.717) is 32.5 Å². The Morgan fingerprint density at radius 1 is 1.14 bits per heavy atom. The van der Waals surface area contributed by atoms with Gasteiger partial charge in [-0.1, -0.05) is 20.8 Å². The molecule has 122 valence electrons. The van der Waals surface area contributed by atoms with E-state index in [1.807, 2.05) is 27.7 Å². The molecule has 0 fully saturated rings. The molecule has 21 heavy (non-hydrogen) atoms. The summed E-state index contributed by atoms with van der Waals surface area (Å²) in [6.45, 7) is 8.82. The highest BCUT2D eigenvalue weighted by atomic mass is 16.5. The van der Waals surface area contributed by atoms with Crippen LogP contribution in [0.5, 0.6) is 0 Å². The third kappa shape index (κ3) is 8.32. The number of carbonyl (C=O) groups excluding carboxylic acids is 3. The zero-order valence-electron chi connectivity index (χ0n) is 13.8. The number of rotatable bonds is 8. The van der Waals surface area contributed by atoms with Crippen molar-refractivity contribution in [1.29, 1.82) is 0 Å². The lowest BCUT2D eigenvalue weighted by atomic mass is 9.96. The van der Waals surface area contributed by atoms with Crippen molar-refractivity contribution in [3.63, 3.8) is 0 Å². The molecule has 0 atom stereocenters. The summed E-state index contributed by atoms with van der Waals surface area (Å²) in [6.07, 6.45) is 1.16. The van der Waals surface area contributed by atoms with E-state index in [2.05, 4.69) is 10.1 Å². The van der Waals surface area contributed by atoms with E-state index < -0.39 is 5.41 Å². The molecule has 0 aliphatic heterocycles. The fraction of sp³-hybridized carbons (Fsp3) is 0.800. The number of hydrogen-bond acceptors (Lipinski definition) is 4. The minimum atomic E-state index is -0.417. The molecular formula is C15H28N2O4. The van der Waals surface area contributed by atoms with Gasteiger partial charge in [-0.05, 0) is 13.3 Å². The number of amides is 2. The average molecular weight is 300 g/mol. The number of hydrogen-bond donors (Lipinski definition) is 1. The monoisotopic (exact) mass is 300 g/mol. The fourth-order valence-electron chi connectivity index (χ4n) is 1.65. The Balaban J connectivity index is 4.00. The molecule has 0 spiro atoms. The summed E-state index contributed by atoms with van der Waals surface area (Å²) in [5.74, 6) is -0.349. The normalized spacial score (nSPS) is 10.9. The highest BCUT2D eigenvalue weighted by Crippen LogP contribution is 2.12. The van der Waals surface area contributed by atoms with E-state index in [9.17, 15) is 14.4 Å². The minimum absolute atomic E-state index is 0.00795. The van der Waals surface area contributed by atoms with Crippen molar-refractivity contribution < 1.29 is 19.1 Å². The van der Waals surface area contributed by atoms with Crippen LogP contribution in [0.25, 0.3) is 0 Å². The molecule has 2 amide bonds. The molecule has 0 saturated heterocycles. The van der Waals surface area contributed by atoms with E-state index >= 15 is 0 Å². The Kier molecular flexibility index (Phi) is 8.66. The summed E-state index contributed by atoms with van der Waals surface area (Å²) in [7, 11) is 1.33. The van der Waals surface area contributed by atoms with Gasteiger partial charge in [0.15, 0.2) is 0 Å². The van der Waals surface area contributed by atoms with Gasteiger partial charge in [0.2, 0.25) is 11.8 Å². The largest absolute Gasteiger partial charge is 0.469 e. The van der Waals surface area contributed by atoms with Crippen LogP contribution in [0.15, 0.2) is 0 Å². The van der Waals surface area contributed by atoms with Crippen molar-refractivity contribution in [2.75, 3.05) is 26.7 Å². The summed E-state index contributed by atoms with van der Waals surface area (Å²) in [5, 5.41) is 2.81. The van der Waals surface area contributed by atoms with Crippen LogP contribution < -0.4 is 5.32 Å². The van der Waals surface area contributed by atoms with Crippen molar-refractivity contribution in [3.05, 3.63) is 0 Å². The maximum Gasteiger partial charge on any atom is 0.307 e. The zero-order chi connectivity index (χ0) is 16.5. The second-order valence-corrected chi connectivity index (χ2v) is 5.91. The number of esters is 1. The first-order valence-electron chi connectivity index (χ1n) is 7.35. The van der Waals surface area contributed by atoms with Gasteiger partial charge < -0.3 is 15.0 Å². The Morgan fingerprint density at radius 3 is 2.24 bits per heavy atom. The summed E-state index contributed by atoms with van der Waals surface area (Å²) >= 11 is 0. The average Bonchev–Trinajstić information content (AvgIpc) is 2.42. The molecule has 1 N–H and O–H groups in total. The van der Waals surface area contributed by atoms with Crippen LogP contribution in [0.1, 0.15) is 47.0 Å². The van der Waals surface area contributed by atoms with E-state index in [-0.39, 0.29) is 24.2 Å². The Bertz CT molecular complexity index is 361. The lowest BCUT2D eigenvalue weighted by Gasteiger charge is -2.21. The summed E-state index contributed by atoms with van der Waals surface area (Å²) in [4.78, 5) is 36.3. The Morgan fingerprint density at radius 2 is 1.76 bits per heavy atom. The van der Waals surface area contributed by atoms with Gasteiger partial charge in [-0.3, -0.25) is 14.4 Å². The van der Waals surface area contributed by atoms with Crippen molar-refractivity contribution >= 4 is 17.8 Å². The third-order valence-corrected chi connectivity index (χ3v) is 3.08. The summed E-state index contributed by atoms with van der Waals surface area (Å²) < 4.78 is 4.56. The summed E-state index contributed by atoms with van der Waals surface area (Å²) in [6, 6.07) is 0. The molecule has 0 aliphatic rings. The van der Waals surface area contributed by atoms with Crippen LogP contribution in [0.2, 0.25) is 0 Å². The maximum absolute atomic E-state index is 12.0. The molecule has 0 aromatic heterocycles. The number of methoxy groups -OCH3 is 1. The predicted octanol–water partition coefficient (Wildman–Crippen LogP) is 1.34. The topological polar surface area (TPSA) is 75.7 Å². The first-order valence-corrected chi connectivity index (χ1v) is 7.35. The summed E-state index contributed by atoms with van der Waals surface area (Å²) in [5.41, 5.74) is -0.417. The smallest absolute Gasteiger partial charge is 0.307 e. The molecule has 0 aromatic rings. The third-order valence-electron chi connectivity index (χ3n) is 3.08. The van der Waals surface area contributed by atoms with Gasteiger partial charge >= 0.3 is 5.97 Å². The molecule has 0 rings (SSSR count). The molecular weight excluding hydrogens is 272 g/mol. The van der Waals surface area contributed by atoms with E-state index in [1.165, 1.54) is 7.11 Å². The second-order valence-electron chi connectivity index (χ2n) is 5.91. The highest BCUT2D eigenvalue weighted by molar-refractivity contribution is 5.81. The molecule has 6 heteroatoms. The molecule has 0 saturated carbocycles. The Labute approximate surface area is 127 Å². The van der Waals surface area contributed by atoms with Gasteiger partial charge in [0.25, 0.3) is 0 Å². The second kappa shape index (κ2) is 9.37. The zero-order valence-corrected chi connectivity index (χ0v) is 13.8. The first kappa shape index (κ1) is 19.4. The lowest BCUT2D eigenvalue weighted by molar-refractivity contribution is -0.141. The van der Waals surface area contributed by atoms with Gasteiger partial charge in [0.1, 0.15) is 0 Å². The molecule has 6 nitrogen and oxygen atoms in total. The maximum atomic E-state index is 12.0. The van der Waals surface area contributed by atoms with Crippen LogP contribution in [0, 0.1) is 5.41 Å². The SMILES string of the molecule is CCN(CCC(=O)OC)C(=O)CCCNC(=O)C(C)(C)C. The van der Waals surface area contributed by atoms with Crippen LogP contribution in [-0.2, 0) is 19.1 Å². The predicted molar refractivity (Wildman–Crippen MR) is 80.6 cm³/mol. The van der Waals surface area contributed by atoms with Gasteiger partial charge in [-0.15, -0.1) is 0 Å². The van der Waals surface area contributed by atoms with Gasteiger partial charge in [0, 0.05) is 31.5 Å². The lowest BCUT2D eigenvalue weighted by Crippen LogP contribution is -2.36. The van der Waals surface area contributed by atoms with Crippen LogP contribution >= 0.6 is 0 Å². The molecule has 0 radical (unpaired) electrons. The van der Waals surface area contributed by atoms with Gasteiger partial charge in [0.05, 0.1) is 13.5 Å². The van der Waals surface area contributed by atoms with Crippen molar-refractivity contribution in [2.24, 2.45) is 5.41 Å². The number of nitrogens with zero attached hydrogens (tertiary/aromatic N) is 1. The van der Waals surface area contributed by atoms with Crippen molar-refractivity contribution in [1.82, 2.24) is 10.2 Å². The van der Waals surface area contributed by atoms with Crippen LogP contribution in [-0.4, -0.2) is 49.4 Å². The molecule has 0 aromatic carbocycles. The van der Waals surface area contributed by atoms with Gasteiger partial charge in [-0.25, -0.2) is 0 Å². The fourth-order valence-corrected chi connectivity index (χ4v) is 1.65. The molecule has 0 aliphatic carbocycles. The molecule has 0 unspecified atom stereocenters. The van der Waals surface area contributed by atoms with E-state index in [0.717, 1.165) is 0 Å². The van der Waals surface area contributed by atoms with Crippen LogP contribution in [0.3, 0.4) is 0 Å². The van der Waals surface area contributed by atoms with Crippen LogP contribution in [0.4, 0.5) is 0 Å². The van der Waals surface area contributed by atoms with Crippen molar-refractivity contribution in [2.45, 2.75) is 47.0 Å². The standard InChI is InChI=1S/C15H28N2O4/c1-6-17(11-9-13(19)21-5)12(18)8-7-10-16-14(20)15(2,3)4/h6-11H2,1-5H3,(H,16,20). The Hall–Kier alpha value is -1.59. The molecule has 0 heterocycles. The van der Waals surface area contributed by atoms with E-state index in [4.69, 9.17) is 0 Å².